The average molecular weight is 278 g/mol. The smallest absolute Gasteiger partial charge is 0.137 e. The minimum atomic E-state index is 0.868. The number of hydrogen-bond donors (Lipinski definition) is 0. The lowest BCUT2D eigenvalue weighted by Crippen LogP contribution is -1.96. The molecule has 16 heavy (non-hydrogen) atoms. The molecule has 82 valence electrons. The number of nitrogens with zero attached hydrogens (tertiary/aromatic N) is 3. The van der Waals surface area contributed by atoms with Crippen LogP contribution in [0.25, 0.3) is 6.08 Å². The van der Waals surface area contributed by atoms with Crippen LogP contribution in [0.2, 0.25) is 0 Å². The summed E-state index contributed by atoms with van der Waals surface area (Å²) in [6, 6.07) is 8.24. The standard InChI is InChI=1S/C12H12BrN3/c13-12-6-4-11(5-7-12)3-1-2-8-16-10-14-9-15-16/h1,3-7,9-10H,2,8H2/b3-1-. The number of halogens is 1. The highest BCUT2D eigenvalue weighted by Gasteiger charge is 1.89. The summed E-state index contributed by atoms with van der Waals surface area (Å²) in [5.74, 6) is 0. The largest absolute Gasteiger partial charge is 0.253 e. The number of aryl methyl sites for hydroxylation is 1. The molecule has 0 bridgehead atoms. The number of allylic oxidation sites excluding steroid dienone is 1. The van der Waals surface area contributed by atoms with Gasteiger partial charge in [-0.3, -0.25) is 4.68 Å². The molecular weight excluding hydrogens is 266 g/mol. The molecule has 0 aliphatic carbocycles. The maximum absolute atomic E-state index is 4.04. The second-order valence-corrected chi connectivity index (χ2v) is 4.32. The second-order valence-electron chi connectivity index (χ2n) is 3.40. The molecule has 0 fully saturated rings. The zero-order valence-electron chi connectivity index (χ0n) is 8.75. The first-order valence-electron chi connectivity index (χ1n) is 5.09. The lowest BCUT2D eigenvalue weighted by Gasteiger charge is -1.96. The van der Waals surface area contributed by atoms with Crippen LogP contribution >= 0.6 is 15.9 Å². The molecule has 1 heterocycles. The second kappa shape index (κ2) is 5.61. The Morgan fingerprint density at radius 3 is 2.75 bits per heavy atom. The Kier molecular flexibility index (Phi) is 3.88. The van der Waals surface area contributed by atoms with Gasteiger partial charge in [0.2, 0.25) is 0 Å². The summed E-state index contributed by atoms with van der Waals surface area (Å²) < 4.78 is 2.93. The topological polar surface area (TPSA) is 30.7 Å². The molecule has 4 heteroatoms. The van der Waals surface area contributed by atoms with E-state index in [9.17, 15) is 0 Å². The van der Waals surface area contributed by atoms with E-state index in [-0.39, 0.29) is 0 Å². The third-order valence-electron chi connectivity index (χ3n) is 2.17. The van der Waals surface area contributed by atoms with Gasteiger partial charge in [0.1, 0.15) is 12.7 Å². The van der Waals surface area contributed by atoms with Gasteiger partial charge in [0.25, 0.3) is 0 Å². The fraction of sp³-hybridized carbons (Fsp3) is 0.167. The van der Waals surface area contributed by atoms with Crippen LogP contribution in [0.4, 0.5) is 0 Å². The van der Waals surface area contributed by atoms with Gasteiger partial charge in [-0.15, -0.1) is 0 Å². The Balaban J connectivity index is 1.83. The molecular formula is C12H12BrN3. The van der Waals surface area contributed by atoms with Crippen molar-refractivity contribution in [3.63, 3.8) is 0 Å². The van der Waals surface area contributed by atoms with Crippen molar-refractivity contribution >= 4 is 22.0 Å². The summed E-state index contributed by atoms with van der Waals surface area (Å²) in [5.41, 5.74) is 1.21. The molecule has 1 aromatic carbocycles. The Morgan fingerprint density at radius 2 is 2.06 bits per heavy atom. The quantitative estimate of drug-likeness (QED) is 0.860. The fourth-order valence-electron chi connectivity index (χ4n) is 1.35. The predicted octanol–water partition coefficient (Wildman–Crippen LogP) is 3.14. The first-order chi connectivity index (χ1) is 7.84. The van der Waals surface area contributed by atoms with E-state index in [1.807, 2.05) is 16.8 Å². The van der Waals surface area contributed by atoms with E-state index in [1.165, 1.54) is 5.56 Å². The third kappa shape index (κ3) is 3.31. The first kappa shape index (κ1) is 11.1. The third-order valence-corrected chi connectivity index (χ3v) is 2.70. The number of rotatable bonds is 4. The van der Waals surface area contributed by atoms with Crippen molar-refractivity contribution in [2.45, 2.75) is 13.0 Å². The number of benzene rings is 1. The molecule has 0 amide bonds. The first-order valence-corrected chi connectivity index (χ1v) is 5.88. The van der Waals surface area contributed by atoms with Gasteiger partial charge in [-0.25, -0.2) is 4.98 Å². The van der Waals surface area contributed by atoms with Gasteiger partial charge in [0.15, 0.2) is 0 Å². The van der Waals surface area contributed by atoms with Gasteiger partial charge in [-0.1, -0.05) is 40.2 Å². The van der Waals surface area contributed by atoms with Crippen LogP contribution in [0, 0.1) is 0 Å². The molecule has 0 aliphatic rings. The molecule has 0 N–H and O–H groups in total. The minimum Gasteiger partial charge on any atom is -0.253 e. The molecule has 0 spiro atoms. The van der Waals surface area contributed by atoms with Gasteiger partial charge < -0.3 is 0 Å². The molecule has 0 unspecified atom stereocenters. The molecule has 2 aromatic rings. The van der Waals surface area contributed by atoms with E-state index in [2.05, 4.69) is 50.3 Å². The van der Waals surface area contributed by atoms with Crippen LogP contribution in [0.15, 0.2) is 47.5 Å². The van der Waals surface area contributed by atoms with Crippen LogP contribution in [0.3, 0.4) is 0 Å². The summed E-state index contributed by atoms with van der Waals surface area (Å²) in [6.07, 6.45) is 8.50. The molecule has 0 aliphatic heterocycles. The van der Waals surface area contributed by atoms with Crippen molar-refractivity contribution in [3.8, 4) is 0 Å². The number of hydrogen-bond acceptors (Lipinski definition) is 2. The van der Waals surface area contributed by atoms with Crippen molar-refractivity contribution in [2.24, 2.45) is 0 Å². The summed E-state index contributed by atoms with van der Waals surface area (Å²) in [6.45, 7) is 0.868. The van der Waals surface area contributed by atoms with Crippen LogP contribution in [0.1, 0.15) is 12.0 Å². The van der Waals surface area contributed by atoms with Crippen LogP contribution in [-0.2, 0) is 6.54 Å². The summed E-state index contributed by atoms with van der Waals surface area (Å²) in [5, 5.41) is 4.04. The van der Waals surface area contributed by atoms with E-state index < -0.39 is 0 Å². The summed E-state index contributed by atoms with van der Waals surface area (Å²) in [4.78, 5) is 3.89. The van der Waals surface area contributed by atoms with Crippen molar-refractivity contribution in [3.05, 3.63) is 53.0 Å². The summed E-state index contributed by atoms with van der Waals surface area (Å²) >= 11 is 3.41. The highest BCUT2D eigenvalue weighted by molar-refractivity contribution is 9.10. The lowest BCUT2D eigenvalue weighted by atomic mass is 10.2. The van der Waals surface area contributed by atoms with E-state index in [1.54, 1.807) is 12.7 Å². The maximum Gasteiger partial charge on any atom is 0.137 e. The molecule has 0 radical (unpaired) electrons. The van der Waals surface area contributed by atoms with Crippen molar-refractivity contribution in [2.75, 3.05) is 0 Å². The SMILES string of the molecule is Brc1ccc(/C=C\CCn2cncn2)cc1. The van der Waals surface area contributed by atoms with Gasteiger partial charge in [0, 0.05) is 11.0 Å². The molecule has 0 saturated carbocycles. The Hall–Kier alpha value is -1.42. The molecule has 1 aromatic heterocycles. The normalized spacial score (nSPS) is 11.1. The maximum atomic E-state index is 4.04. The highest BCUT2D eigenvalue weighted by Crippen LogP contribution is 2.11. The van der Waals surface area contributed by atoms with E-state index in [0.29, 0.717) is 0 Å². The van der Waals surface area contributed by atoms with E-state index >= 15 is 0 Å². The molecule has 3 nitrogen and oxygen atoms in total. The fourth-order valence-corrected chi connectivity index (χ4v) is 1.61. The number of aromatic nitrogens is 3. The molecule has 0 saturated heterocycles. The van der Waals surface area contributed by atoms with Crippen LogP contribution < -0.4 is 0 Å². The van der Waals surface area contributed by atoms with Crippen LogP contribution in [-0.4, -0.2) is 14.8 Å². The van der Waals surface area contributed by atoms with Crippen molar-refractivity contribution in [1.29, 1.82) is 0 Å². The lowest BCUT2D eigenvalue weighted by molar-refractivity contribution is 0.622. The summed E-state index contributed by atoms with van der Waals surface area (Å²) in [7, 11) is 0. The molecule has 2 rings (SSSR count). The van der Waals surface area contributed by atoms with Crippen molar-refractivity contribution < 1.29 is 0 Å². The van der Waals surface area contributed by atoms with Gasteiger partial charge in [-0.2, -0.15) is 5.10 Å². The zero-order valence-corrected chi connectivity index (χ0v) is 10.3. The minimum absolute atomic E-state index is 0.868. The van der Waals surface area contributed by atoms with Crippen molar-refractivity contribution in [1.82, 2.24) is 14.8 Å². The molecule has 0 atom stereocenters. The monoisotopic (exact) mass is 277 g/mol. The van der Waals surface area contributed by atoms with Gasteiger partial charge in [-0.05, 0) is 24.1 Å². The Labute approximate surface area is 103 Å². The van der Waals surface area contributed by atoms with Gasteiger partial charge in [0.05, 0.1) is 0 Å². The Bertz CT molecular complexity index is 446. The predicted molar refractivity (Wildman–Crippen MR) is 67.8 cm³/mol. The highest BCUT2D eigenvalue weighted by atomic mass is 79.9. The zero-order chi connectivity index (χ0) is 11.2. The van der Waals surface area contributed by atoms with Gasteiger partial charge >= 0.3 is 0 Å². The Morgan fingerprint density at radius 1 is 1.25 bits per heavy atom. The van der Waals surface area contributed by atoms with E-state index in [0.717, 1.165) is 17.4 Å². The van der Waals surface area contributed by atoms with E-state index in [4.69, 9.17) is 0 Å². The van der Waals surface area contributed by atoms with Crippen LogP contribution in [0.5, 0.6) is 0 Å². The average Bonchev–Trinajstić information content (AvgIpc) is 2.80.